The first-order valence-corrected chi connectivity index (χ1v) is 13.0. The highest BCUT2D eigenvalue weighted by atomic mass is 16.6. The quantitative estimate of drug-likeness (QED) is 0.473. The molecular formula is C30H39NO2. The number of esters is 1. The van der Waals surface area contributed by atoms with Crippen molar-refractivity contribution in [3.05, 3.63) is 70.8 Å². The number of likely N-dealkylation sites (tertiary alicyclic amines) is 1. The average molecular weight is 446 g/mol. The Labute approximate surface area is 199 Å². The van der Waals surface area contributed by atoms with Crippen molar-refractivity contribution in [3.8, 4) is 0 Å². The molecule has 0 radical (unpaired) electrons. The van der Waals surface area contributed by atoms with Gasteiger partial charge in [-0.15, -0.1) is 0 Å². The molecular weight excluding hydrogens is 406 g/mol. The minimum absolute atomic E-state index is 0.242. The number of hydrogen-bond donors (Lipinski definition) is 0. The molecule has 2 aliphatic carbocycles. The number of carbonyl (C=O) groups excluding carboxylic acids is 1. The van der Waals surface area contributed by atoms with Crippen LogP contribution in [0.25, 0.3) is 0 Å². The van der Waals surface area contributed by atoms with Crippen molar-refractivity contribution < 1.29 is 9.53 Å². The van der Waals surface area contributed by atoms with Gasteiger partial charge in [-0.1, -0.05) is 42.8 Å². The molecule has 2 aromatic carbocycles. The van der Waals surface area contributed by atoms with Gasteiger partial charge < -0.3 is 4.74 Å². The number of rotatable bonds is 6. The van der Waals surface area contributed by atoms with Gasteiger partial charge >= 0.3 is 5.97 Å². The van der Waals surface area contributed by atoms with Gasteiger partial charge in [-0.05, 0) is 118 Å². The van der Waals surface area contributed by atoms with Gasteiger partial charge in [-0.2, -0.15) is 0 Å². The Balaban J connectivity index is 1.05. The predicted molar refractivity (Wildman–Crippen MR) is 133 cm³/mol. The highest BCUT2D eigenvalue weighted by molar-refractivity contribution is 5.89. The lowest BCUT2D eigenvalue weighted by molar-refractivity contribution is 0.00695. The van der Waals surface area contributed by atoms with Crippen LogP contribution >= 0.6 is 0 Å². The van der Waals surface area contributed by atoms with E-state index in [1.807, 2.05) is 32.9 Å². The van der Waals surface area contributed by atoms with Crippen LogP contribution in [-0.4, -0.2) is 29.6 Å². The van der Waals surface area contributed by atoms with E-state index < -0.39 is 5.60 Å². The maximum atomic E-state index is 12.2. The summed E-state index contributed by atoms with van der Waals surface area (Å²) >= 11 is 0. The smallest absolute Gasteiger partial charge is 0.338 e. The first-order chi connectivity index (χ1) is 15.8. The zero-order valence-corrected chi connectivity index (χ0v) is 20.6. The number of ether oxygens (including phenoxy) is 1. The summed E-state index contributed by atoms with van der Waals surface area (Å²) in [5, 5.41) is 0. The molecule has 176 valence electrons. The van der Waals surface area contributed by atoms with Crippen LogP contribution in [-0.2, 0) is 23.1 Å². The Morgan fingerprint density at radius 1 is 1.03 bits per heavy atom. The van der Waals surface area contributed by atoms with Gasteiger partial charge in [0.1, 0.15) is 5.60 Å². The fraction of sp³-hybridized carbons (Fsp3) is 0.567. The Morgan fingerprint density at radius 3 is 2.48 bits per heavy atom. The summed E-state index contributed by atoms with van der Waals surface area (Å²) in [5.74, 6) is 1.58. The van der Waals surface area contributed by atoms with E-state index in [4.69, 9.17) is 4.74 Å². The minimum atomic E-state index is -0.457. The minimum Gasteiger partial charge on any atom is -0.456 e. The van der Waals surface area contributed by atoms with Crippen LogP contribution in [0.4, 0.5) is 0 Å². The van der Waals surface area contributed by atoms with Gasteiger partial charge in [0.15, 0.2) is 0 Å². The van der Waals surface area contributed by atoms with Crippen molar-refractivity contribution in [2.75, 3.05) is 13.1 Å². The molecule has 0 bridgehead atoms. The Hall–Kier alpha value is -2.13. The molecule has 2 fully saturated rings. The topological polar surface area (TPSA) is 29.5 Å². The monoisotopic (exact) mass is 445 g/mol. The van der Waals surface area contributed by atoms with Crippen molar-refractivity contribution in [3.63, 3.8) is 0 Å². The van der Waals surface area contributed by atoms with Crippen molar-refractivity contribution in [1.29, 1.82) is 0 Å². The molecule has 33 heavy (non-hydrogen) atoms. The van der Waals surface area contributed by atoms with Gasteiger partial charge in [0.2, 0.25) is 0 Å². The Kier molecular flexibility index (Phi) is 6.11. The van der Waals surface area contributed by atoms with E-state index in [2.05, 4.69) is 41.3 Å². The zero-order valence-electron chi connectivity index (χ0n) is 20.6. The Morgan fingerprint density at radius 2 is 1.76 bits per heavy atom. The molecule has 0 aromatic heterocycles. The normalized spacial score (nSPS) is 25.2. The molecule has 5 rings (SSSR count). The van der Waals surface area contributed by atoms with Gasteiger partial charge in [-0.25, -0.2) is 4.79 Å². The Bertz CT molecular complexity index is 981. The van der Waals surface area contributed by atoms with Crippen molar-refractivity contribution in [2.45, 2.75) is 83.3 Å². The zero-order chi connectivity index (χ0) is 23.1. The fourth-order valence-corrected chi connectivity index (χ4v) is 6.32. The molecule has 1 saturated carbocycles. The second-order valence-corrected chi connectivity index (χ2v) is 11.7. The first kappa shape index (κ1) is 22.7. The highest BCUT2D eigenvalue weighted by Gasteiger charge is 2.57. The number of nitrogens with zero attached hydrogens (tertiary/aromatic N) is 1. The van der Waals surface area contributed by atoms with E-state index in [1.165, 1.54) is 63.6 Å². The van der Waals surface area contributed by atoms with E-state index in [9.17, 15) is 4.79 Å². The van der Waals surface area contributed by atoms with Crippen LogP contribution in [0.2, 0.25) is 0 Å². The van der Waals surface area contributed by atoms with Crippen LogP contribution in [0.5, 0.6) is 0 Å². The van der Waals surface area contributed by atoms with Crippen molar-refractivity contribution >= 4 is 5.97 Å². The first-order valence-electron chi connectivity index (χ1n) is 13.0. The van der Waals surface area contributed by atoms with Crippen LogP contribution in [0, 0.1) is 11.8 Å². The molecule has 0 amide bonds. The second-order valence-electron chi connectivity index (χ2n) is 11.7. The molecule has 2 aromatic rings. The maximum Gasteiger partial charge on any atom is 0.338 e. The molecule has 2 unspecified atom stereocenters. The third-order valence-electron chi connectivity index (χ3n) is 8.25. The summed E-state index contributed by atoms with van der Waals surface area (Å²) in [5.41, 5.74) is 5.32. The summed E-state index contributed by atoms with van der Waals surface area (Å²) in [4.78, 5) is 14.8. The molecule has 3 nitrogen and oxygen atoms in total. The van der Waals surface area contributed by atoms with E-state index >= 15 is 0 Å². The lowest BCUT2D eigenvalue weighted by Crippen LogP contribution is -2.33. The molecule has 1 aliphatic heterocycles. The van der Waals surface area contributed by atoms with E-state index in [-0.39, 0.29) is 5.97 Å². The molecule has 1 heterocycles. The van der Waals surface area contributed by atoms with Gasteiger partial charge in [0.25, 0.3) is 0 Å². The van der Waals surface area contributed by atoms with E-state index in [0.29, 0.717) is 11.0 Å². The fourth-order valence-electron chi connectivity index (χ4n) is 6.32. The maximum absolute atomic E-state index is 12.2. The third kappa shape index (κ3) is 5.04. The largest absolute Gasteiger partial charge is 0.456 e. The van der Waals surface area contributed by atoms with E-state index in [1.54, 1.807) is 11.1 Å². The highest BCUT2D eigenvalue weighted by Crippen LogP contribution is 2.63. The van der Waals surface area contributed by atoms with E-state index in [0.717, 1.165) is 18.4 Å². The molecule has 3 heteroatoms. The lowest BCUT2D eigenvalue weighted by Gasteiger charge is -2.32. The van der Waals surface area contributed by atoms with Gasteiger partial charge in [0, 0.05) is 6.54 Å². The number of aryl methyl sites for hydroxylation is 1. The summed E-state index contributed by atoms with van der Waals surface area (Å²) in [6.07, 6.45) is 9.60. The van der Waals surface area contributed by atoms with Crippen molar-refractivity contribution in [2.24, 2.45) is 11.8 Å². The van der Waals surface area contributed by atoms with Crippen LogP contribution in [0.3, 0.4) is 0 Å². The van der Waals surface area contributed by atoms with Crippen molar-refractivity contribution in [1.82, 2.24) is 4.90 Å². The van der Waals surface area contributed by atoms with Gasteiger partial charge in [-0.3, -0.25) is 4.90 Å². The SMILES string of the molecule is CC(C)(C)OC(=O)c1ccc(CN2CCC(CCC3CC34CCc3ccccc34)CC2)cc1. The van der Waals surface area contributed by atoms with Crippen LogP contribution in [0.1, 0.15) is 86.3 Å². The number of hydrogen-bond acceptors (Lipinski definition) is 3. The number of piperidine rings is 1. The summed E-state index contributed by atoms with van der Waals surface area (Å²) < 4.78 is 5.47. The third-order valence-corrected chi connectivity index (χ3v) is 8.25. The number of benzene rings is 2. The second kappa shape index (κ2) is 8.91. The standard InChI is InChI=1S/C30H39NO2/c1-29(2,3)33-28(32)25-11-8-23(9-12-25)21-31-18-15-22(16-19-31)10-13-26-20-30(26)17-14-24-6-4-5-7-27(24)30/h4-9,11-12,22,26H,10,13-21H2,1-3H3. The molecule has 2 atom stereocenters. The predicted octanol–water partition coefficient (Wildman–Crippen LogP) is 6.54. The average Bonchev–Trinajstić information content (AvgIpc) is 3.38. The molecule has 1 spiro atoms. The number of carbonyl (C=O) groups is 1. The van der Waals surface area contributed by atoms with Gasteiger partial charge in [0.05, 0.1) is 5.56 Å². The summed E-state index contributed by atoms with van der Waals surface area (Å²) in [6, 6.07) is 17.2. The molecule has 0 N–H and O–H groups in total. The summed E-state index contributed by atoms with van der Waals surface area (Å²) in [7, 11) is 0. The van der Waals surface area contributed by atoms with Crippen LogP contribution < -0.4 is 0 Å². The van der Waals surface area contributed by atoms with Crippen LogP contribution in [0.15, 0.2) is 48.5 Å². The molecule has 3 aliphatic rings. The summed E-state index contributed by atoms with van der Waals surface area (Å²) in [6.45, 7) is 9.07. The molecule has 1 saturated heterocycles. The lowest BCUT2D eigenvalue weighted by atomic mass is 9.88. The number of fused-ring (bicyclic) bond motifs is 2.